The van der Waals surface area contributed by atoms with Crippen molar-refractivity contribution in [3.8, 4) is 0 Å². The van der Waals surface area contributed by atoms with Crippen LogP contribution in [0.4, 0.5) is 0 Å². The summed E-state index contributed by atoms with van der Waals surface area (Å²) in [5, 5.41) is 0.899. The Morgan fingerprint density at radius 3 is 2.88 bits per heavy atom. The van der Waals surface area contributed by atoms with Crippen molar-refractivity contribution in [1.82, 2.24) is 4.57 Å². The minimum Gasteiger partial charge on any atom is -0.347 e. The molecule has 1 aromatic rings. The molecule has 0 spiro atoms. The second-order valence-corrected chi connectivity index (χ2v) is 5.13. The Kier molecular flexibility index (Phi) is 3.43. The van der Waals surface area contributed by atoms with Gasteiger partial charge in [-0.1, -0.05) is 17.7 Å². The minimum absolute atomic E-state index is 0.245. The van der Waals surface area contributed by atoms with Crippen LogP contribution in [0.25, 0.3) is 5.57 Å². The molecule has 0 aliphatic heterocycles. The maximum atomic E-state index is 11.1. The zero-order valence-electron chi connectivity index (χ0n) is 10.6. The number of carbonyl (C=O) groups is 1. The third-order valence-corrected chi connectivity index (χ3v) is 4.04. The molecule has 0 unspecified atom stereocenters. The quantitative estimate of drug-likeness (QED) is 0.803. The molecule has 2 rings (SSSR count). The van der Waals surface area contributed by atoms with Gasteiger partial charge in [0, 0.05) is 24.9 Å². The summed E-state index contributed by atoms with van der Waals surface area (Å²) < 4.78 is 2.16. The third kappa shape index (κ3) is 2.19. The molecule has 1 aliphatic rings. The van der Waals surface area contributed by atoms with E-state index in [-0.39, 0.29) is 5.78 Å². The Morgan fingerprint density at radius 1 is 1.53 bits per heavy atom. The first-order valence-corrected chi connectivity index (χ1v) is 6.42. The molecule has 0 saturated carbocycles. The van der Waals surface area contributed by atoms with Crippen molar-refractivity contribution < 1.29 is 4.79 Å². The molecule has 1 heterocycles. The predicted octanol–water partition coefficient (Wildman–Crippen LogP) is 3.69. The number of rotatable bonds is 3. The second-order valence-electron chi connectivity index (χ2n) is 4.76. The molecule has 1 aromatic heterocycles. The monoisotopic (exact) mass is 251 g/mol. The summed E-state index contributed by atoms with van der Waals surface area (Å²) in [4.78, 5) is 11.1. The molecule has 3 heteroatoms. The number of ketones is 1. The number of hydrogen-bond acceptors (Lipinski definition) is 1. The van der Waals surface area contributed by atoms with E-state index in [0.29, 0.717) is 6.42 Å². The lowest BCUT2D eigenvalue weighted by molar-refractivity contribution is -0.116. The number of allylic oxidation sites excluding steroid dienone is 2. The Labute approximate surface area is 107 Å². The van der Waals surface area contributed by atoms with Crippen molar-refractivity contribution >= 4 is 23.0 Å². The van der Waals surface area contributed by atoms with Gasteiger partial charge in [0.1, 0.15) is 5.78 Å². The minimum atomic E-state index is 0.245. The summed E-state index contributed by atoms with van der Waals surface area (Å²) in [6, 6.07) is 0. The molecule has 0 aromatic carbocycles. The van der Waals surface area contributed by atoms with Gasteiger partial charge in [0.25, 0.3) is 0 Å². The van der Waals surface area contributed by atoms with E-state index in [1.54, 1.807) is 6.92 Å². The summed E-state index contributed by atoms with van der Waals surface area (Å²) in [5.41, 5.74) is 4.89. The number of hydrogen-bond donors (Lipinski definition) is 0. The first-order valence-electron chi connectivity index (χ1n) is 6.05. The van der Waals surface area contributed by atoms with E-state index < -0.39 is 0 Å². The van der Waals surface area contributed by atoms with Crippen molar-refractivity contribution in [3.63, 3.8) is 0 Å². The summed E-state index contributed by atoms with van der Waals surface area (Å²) in [6.45, 7) is 3.69. The van der Waals surface area contributed by atoms with Crippen LogP contribution in [0.15, 0.2) is 6.08 Å². The van der Waals surface area contributed by atoms with E-state index in [4.69, 9.17) is 11.6 Å². The van der Waals surface area contributed by atoms with Gasteiger partial charge in [-0.2, -0.15) is 0 Å². The van der Waals surface area contributed by atoms with Crippen LogP contribution in [0, 0.1) is 6.92 Å². The maximum absolute atomic E-state index is 11.1. The molecule has 0 bridgehead atoms. The van der Waals surface area contributed by atoms with E-state index in [9.17, 15) is 4.79 Å². The fourth-order valence-electron chi connectivity index (χ4n) is 2.50. The lowest BCUT2D eigenvalue weighted by Crippen LogP contribution is -2.05. The largest absolute Gasteiger partial charge is 0.347 e. The van der Waals surface area contributed by atoms with Crippen LogP contribution in [-0.2, 0) is 18.3 Å². The Hall–Kier alpha value is -1.02. The molecule has 0 radical (unpaired) electrons. The van der Waals surface area contributed by atoms with Gasteiger partial charge in [-0.3, -0.25) is 0 Å². The Bertz CT molecular complexity index is 497. The van der Waals surface area contributed by atoms with Gasteiger partial charge < -0.3 is 9.36 Å². The zero-order chi connectivity index (χ0) is 12.6. The average Bonchev–Trinajstić information content (AvgIpc) is 2.52. The highest BCUT2D eigenvalue weighted by atomic mass is 35.5. The topological polar surface area (TPSA) is 22.0 Å². The summed E-state index contributed by atoms with van der Waals surface area (Å²) in [6.07, 6.45) is 5.74. The first kappa shape index (κ1) is 12.4. The van der Waals surface area contributed by atoms with E-state index in [1.165, 1.54) is 16.8 Å². The average molecular weight is 252 g/mol. The van der Waals surface area contributed by atoms with E-state index in [2.05, 4.69) is 10.6 Å². The smallest absolute Gasteiger partial charge is 0.130 e. The molecular weight excluding hydrogens is 234 g/mol. The number of aromatic nitrogens is 1. The highest BCUT2D eigenvalue weighted by Crippen LogP contribution is 2.37. The fourth-order valence-corrected chi connectivity index (χ4v) is 2.81. The third-order valence-electron chi connectivity index (χ3n) is 3.54. The van der Waals surface area contributed by atoms with Gasteiger partial charge in [-0.25, -0.2) is 0 Å². The van der Waals surface area contributed by atoms with Crippen molar-refractivity contribution in [2.45, 2.75) is 39.5 Å². The molecule has 92 valence electrons. The van der Waals surface area contributed by atoms with E-state index in [0.717, 1.165) is 30.0 Å². The maximum Gasteiger partial charge on any atom is 0.130 e. The number of Topliss-reactive ketones (excluding diaryl/α,β-unsaturated/α-hetero) is 1. The van der Waals surface area contributed by atoms with Gasteiger partial charge in [0.15, 0.2) is 0 Å². The van der Waals surface area contributed by atoms with Crippen molar-refractivity contribution in [2.24, 2.45) is 7.05 Å². The normalized spacial score (nSPS) is 14.5. The molecular formula is C14H18ClNO. The summed E-state index contributed by atoms with van der Waals surface area (Å²) >= 11 is 6.35. The van der Waals surface area contributed by atoms with Gasteiger partial charge in [0.05, 0.1) is 5.02 Å². The number of fused-ring (bicyclic) bond motifs is 1. The molecule has 0 amide bonds. The van der Waals surface area contributed by atoms with Gasteiger partial charge in [-0.15, -0.1) is 0 Å². The van der Waals surface area contributed by atoms with Gasteiger partial charge >= 0.3 is 0 Å². The molecule has 0 fully saturated rings. The van der Waals surface area contributed by atoms with Crippen LogP contribution in [0.5, 0.6) is 0 Å². The summed E-state index contributed by atoms with van der Waals surface area (Å²) in [7, 11) is 2.05. The lowest BCUT2D eigenvalue weighted by Gasteiger charge is -2.16. The van der Waals surface area contributed by atoms with Crippen molar-refractivity contribution in [1.29, 1.82) is 0 Å². The lowest BCUT2D eigenvalue weighted by atomic mass is 9.93. The molecule has 17 heavy (non-hydrogen) atoms. The van der Waals surface area contributed by atoms with Crippen LogP contribution in [0.2, 0.25) is 5.02 Å². The predicted molar refractivity (Wildman–Crippen MR) is 71.4 cm³/mol. The van der Waals surface area contributed by atoms with Gasteiger partial charge in [0.2, 0.25) is 0 Å². The first-order chi connectivity index (χ1) is 8.02. The molecule has 0 saturated heterocycles. The van der Waals surface area contributed by atoms with Gasteiger partial charge in [-0.05, 0) is 44.2 Å². The van der Waals surface area contributed by atoms with Crippen molar-refractivity contribution in [3.05, 3.63) is 28.0 Å². The Morgan fingerprint density at radius 2 is 2.24 bits per heavy atom. The highest BCUT2D eigenvalue weighted by Gasteiger charge is 2.22. The SMILES string of the molecule is CC(=O)CCC1=CCCc2c(Cl)c(C)n(C)c21. The fraction of sp³-hybridized carbons (Fsp3) is 0.500. The second kappa shape index (κ2) is 4.69. The molecule has 0 N–H and O–H groups in total. The number of nitrogens with zero attached hydrogens (tertiary/aromatic N) is 1. The van der Waals surface area contributed by atoms with Crippen LogP contribution in [0.3, 0.4) is 0 Å². The van der Waals surface area contributed by atoms with Crippen LogP contribution in [-0.4, -0.2) is 10.4 Å². The van der Waals surface area contributed by atoms with E-state index >= 15 is 0 Å². The number of halogens is 1. The van der Waals surface area contributed by atoms with E-state index in [1.807, 2.05) is 14.0 Å². The molecule has 1 aliphatic carbocycles. The number of carbonyl (C=O) groups excluding carboxylic acids is 1. The van der Waals surface area contributed by atoms with Crippen LogP contribution < -0.4 is 0 Å². The Balaban J connectivity index is 2.37. The van der Waals surface area contributed by atoms with Crippen molar-refractivity contribution in [2.75, 3.05) is 0 Å². The van der Waals surface area contributed by atoms with Crippen LogP contribution in [0.1, 0.15) is 43.1 Å². The molecule has 2 nitrogen and oxygen atoms in total. The zero-order valence-corrected chi connectivity index (χ0v) is 11.4. The highest BCUT2D eigenvalue weighted by molar-refractivity contribution is 6.32. The standard InChI is InChI=1S/C14H18ClNO/c1-9(17)7-8-11-5-4-6-12-13(15)10(2)16(3)14(11)12/h5H,4,6-8H2,1-3H3. The summed E-state index contributed by atoms with van der Waals surface area (Å²) in [5.74, 6) is 0.245. The molecule has 0 atom stereocenters. The van der Waals surface area contributed by atoms with Crippen LogP contribution >= 0.6 is 11.6 Å².